The van der Waals surface area contributed by atoms with E-state index in [1.807, 2.05) is 63.2 Å². The Labute approximate surface area is 142 Å². The molecule has 0 radical (unpaired) electrons. The Morgan fingerprint density at radius 3 is 2.50 bits per heavy atom. The van der Waals surface area contributed by atoms with E-state index in [-0.39, 0.29) is 24.2 Å². The molecule has 1 aliphatic heterocycles. The number of nitrogens with zero attached hydrogens (tertiary/aromatic N) is 1. The zero-order valence-electron chi connectivity index (χ0n) is 14.3. The van der Waals surface area contributed by atoms with E-state index < -0.39 is 0 Å². The Hall–Kier alpha value is -2.62. The summed E-state index contributed by atoms with van der Waals surface area (Å²) in [7, 11) is 0. The smallest absolute Gasteiger partial charge is 0.229 e. The summed E-state index contributed by atoms with van der Waals surface area (Å²) >= 11 is 0. The lowest BCUT2D eigenvalue weighted by Gasteiger charge is -2.20. The molecule has 1 heterocycles. The minimum absolute atomic E-state index is 0.00718. The van der Waals surface area contributed by atoms with Crippen molar-refractivity contribution in [2.75, 3.05) is 16.8 Å². The molecule has 2 amide bonds. The highest BCUT2D eigenvalue weighted by atomic mass is 16.2. The molecule has 24 heavy (non-hydrogen) atoms. The first-order valence-electron chi connectivity index (χ1n) is 8.20. The third kappa shape index (κ3) is 3.18. The maximum atomic E-state index is 12.5. The van der Waals surface area contributed by atoms with Gasteiger partial charge >= 0.3 is 0 Å². The van der Waals surface area contributed by atoms with Gasteiger partial charge in [0.05, 0.1) is 5.92 Å². The molecule has 2 aromatic carbocycles. The second-order valence-electron chi connectivity index (χ2n) is 6.48. The molecule has 0 spiro atoms. The molecule has 0 bridgehead atoms. The number of aryl methyl sites for hydroxylation is 2. The van der Waals surface area contributed by atoms with Gasteiger partial charge in [-0.3, -0.25) is 9.59 Å². The van der Waals surface area contributed by atoms with Gasteiger partial charge in [-0.05, 0) is 50.1 Å². The molecular formula is C20H22N2O2. The molecule has 4 nitrogen and oxygen atoms in total. The van der Waals surface area contributed by atoms with Gasteiger partial charge in [0.1, 0.15) is 0 Å². The van der Waals surface area contributed by atoms with Gasteiger partial charge in [-0.2, -0.15) is 0 Å². The molecule has 1 saturated heterocycles. The number of carbonyl (C=O) groups excluding carboxylic acids is 2. The van der Waals surface area contributed by atoms with Crippen LogP contribution in [-0.4, -0.2) is 18.4 Å². The number of hydrogen-bond donors (Lipinski definition) is 1. The first-order chi connectivity index (χ1) is 11.5. The summed E-state index contributed by atoms with van der Waals surface area (Å²) in [6.45, 7) is 6.47. The van der Waals surface area contributed by atoms with E-state index in [4.69, 9.17) is 0 Å². The van der Waals surface area contributed by atoms with Crippen LogP contribution in [0.4, 0.5) is 11.4 Å². The van der Waals surface area contributed by atoms with E-state index >= 15 is 0 Å². The van der Waals surface area contributed by atoms with Crippen molar-refractivity contribution < 1.29 is 9.59 Å². The van der Waals surface area contributed by atoms with Crippen molar-refractivity contribution in [3.05, 3.63) is 59.2 Å². The normalized spacial score (nSPS) is 17.2. The van der Waals surface area contributed by atoms with E-state index in [1.165, 1.54) is 0 Å². The Kier molecular flexibility index (Phi) is 4.38. The average molecular weight is 322 g/mol. The molecule has 0 aromatic heterocycles. The minimum Gasteiger partial charge on any atom is -0.326 e. The molecule has 4 heteroatoms. The van der Waals surface area contributed by atoms with E-state index in [9.17, 15) is 9.59 Å². The highest BCUT2D eigenvalue weighted by molar-refractivity contribution is 6.03. The van der Waals surface area contributed by atoms with Crippen molar-refractivity contribution in [2.24, 2.45) is 5.92 Å². The van der Waals surface area contributed by atoms with Crippen LogP contribution in [0.5, 0.6) is 0 Å². The molecular weight excluding hydrogens is 300 g/mol. The number of amides is 2. The average Bonchev–Trinajstić information content (AvgIpc) is 2.94. The van der Waals surface area contributed by atoms with Crippen molar-refractivity contribution in [3.63, 3.8) is 0 Å². The SMILES string of the molecule is Cc1ccc(NC(=O)[C@@H]2CC(=O)N(c3cccc(C)c3C)C2)cc1. The highest BCUT2D eigenvalue weighted by Gasteiger charge is 2.35. The summed E-state index contributed by atoms with van der Waals surface area (Å²) in [5.41, 5.74) is 5.05. The quantitative estimate of drug-likeness (QED) is 0.938. The number of nitrogens with one attached hydrogen (secondary N) is 1. The maximum absolute atomic E-state index is 12.5. The molecule has 2 aromatic rings. The number of rotatable bonds is 3. The number of benzene rings is 2. The fourth-order valence-corrected chi connectivity index (χ4v) is 3.03. The third-order valence-corrected chi connectivity index (χ3v) is 4.68. The summed E-state index contributed by atoms with van der Waals surface area (Å²) in [6.07, 6.45) is 0.255. The zero-order chi connectivity index (χ0) is 17.3. The Morgan fingerprint density at radius 2 is 1.79 bits per heavy atom. The van der Waals surface area contributed by atoms with Crippen molar-refractivity contribution in [2.45, 2.75) is 27.2 Å². The van der Waals surface area contributed by atoms with Crippen LogP contribution in [0.2, 0.25) is 0 Å². The van der Waals surface area contributed by atoms with Crippen LogP contribution in [0.3, 0.4) is 0 Å². The Balaban J connectivity index is 1.73. The molecule has 1 N–H and O–H groups in total. The first kappa shape index (κ1) is 16.2. The van der Waals surface area contributed by atoms with Crippen LogP contribution in [0.1, 0.15) is 23.1 Å². The van der Waals surface area contributed by atoms with Gasteiger partial charge in [-0.25, -0.2) is 0 Å². The fraction of sp³-hybridized carbons (Fsp3) is 0.300. The van der Waals surface area contributed by atoms with Crippen molar-refractivity contribution in [3.8, 4) is 0 Å². The van der Waals surface area contributed by atoms with Gasteiger partial charge in [0.2, 0.25) is 11.8 Å². The topological polar surface area (TPSA) is 49.4 Å². The second-order valence-corrected chi connectivity index (χ2v) is 6.48. The van der Waals surface area contributed by atoms with Crippen LogP contribution in [0, 0.1) is 26.7 Å². The standard InChI is InChI=1S/C20H22N2O2/c1-13-7-9-17(10-8-13)21-20(24)16-11-19(23)22(12-16)18-6-4-5-14(2)15(18)3/h4-10,16H,11-12H2,1-3H3,(H,21,24)/t16-/m1/s1. The monoisotopic (exact) mass is 322 g/mol. The lowest BCUT2D eigenvalue weighted by Crippen LogP contribution is -2.28. The predicted molar refractivity (Wildman–Crippen MR) is 96.2 cm³/mol. The third-order valence-electron chi connectivity index (χ3n) is 4.68. The van der Waals surface area contributed by atoms with Gasteiger partial charge in [-0.15, -0.1) is 0 Å². The molecule has 124 valence electrons. The Morgan fingerprint density at radius 1 is 1.08 bits per heavy atom. The molecule has 0 aliphatic carbocycles. The maximum Gasteiger partial charge on any atom is 0.229 e. The van der Waals surface area contributed by atoms with Crippen molar-refractivity contribution in [1.82, 2.24) is 0 Å². The summed E-state index contributed by atoms with van der Waals surface area (Å²) in [6, 6.07) is 13.6. The summed E-state index contributed by atoms with van der Waals surface area (Å²) in [5.74, 6) is -0.411. The van der Waals surface area contributed by atoms with Crippen LogP contribution in [0.15, 0.2) is 42.5 Å². The zero-order valence-corrected chi connectivity index (χ0v) is 14.3. The van der Waals surface area contributed by atoms with Crippen molar-refractivity contribution in [1.29, 1.82) is 0 Å². The number of carbonyl (C=O) groups is 2. The molecule has 3 rings (SSSR count). The molecule has 1 fully saturated rings. The molecule has 0 saturated carbocycles. The summed E-state index contributed by atoms with van der Waals surface area (Å²) in [5, 5.41) is 2.91. The van der Waals surface area contributed by atoms with E-state index in [0.29, 0.717) is 6.54 Å². The van der Waals surface area contributed by atoms with Crippen LogP contribution < -0.4 is 10.2 Å². The fourth-order valence-electron chi connectivity index (χ4n) is 3.03. The largest absolute Gasteiger partial charge is 0.326 e. The Bertz CT molecular complexity index is 781. The molecule has 1 aliphatic rings. The van der Waals surface area contributed by atoms with Crippen LogP contribution in [-0.2, 0) is 9.59 Å². The summed E-state index contributed by atoms with van der Waals surface area (Å²) < 4.78 is 0. The van der Waals surface area contributed by atoms with Gasteiger partial charge < -0.3 is 10.2 Å². The predicted octanol–water partition coefficient (Wildman–Crippen LogP) is 3.60. The van der Waals surface area contributed by atoms with Gasteiger partial charge in [0.15, 0.2) is 0 Å². The number of anilines is 2. The number of hydrogen-bond acceptors (Lipinski definition) is 2. The van der Waals surface area contributed by atoms with E-state index in [1.54, 1.807) is 4.90 Å². The van der Waals surface area contributed by atoms with E-state index in [2.05, 4.69) is 5.32 Å². The van der Waals surface area contributed by atoms with Gasteiger partial charge in [0, 0.05) is 24.3 Å². The lowest BCUT2D eigenvalue weighted by atomic mass is 10.1. The minimum atomic E-state index is -0.321. The van der Waals surface area contributed by atoms with E-state index in [0.717, 1.165) is 28.1 Å². The lowest BCUT2D eigenvalue weighted by molar-refractivity contribution is -0.122. The van der Waals surface area contributed by atoms with Crippen molar-refractivity contribution >= 4 is 23.2 Å². The molecule has 1 atom stereocenters. The van der Waals surface area contributed by atoms with Gasteiger partial charge in [0.25, 0.3) is 0 Å². The van der Waals surface area contributed by atoms with Crippen LogP contribution in [0.25, 0.3) is 0 Å². The van der Waals surface area contributed by atoms with Crippen LogP contribution >= 0.6 is 0 Å². The first-order valence-corrected chi connectivity index (χ1v) is 8.20. The summed E-state index contributed by atoms with van der Waals surface area (Å²) in [4.78, 5) is 26.6. The van der Waals surface area contributed by atoms with Gasteiger partial charge in [-0.1, -0.05) is 29.8 Å². The highest BCUT2D eigenvalue weighted by Crippen LogP contribution is 2.29. The molecule has 0 unspecified atom stereocenters. The second kappa shape index (κ2) is 6.48.